The number of hydrogen-bond acceptors (Lipinski definition) is 7. The first-order valence-corrected chi connectivity index (χ1v) is 11.7. The van der Waals surface area contributed by atoms with Crippen LogP contribution in [-0.4, -0.2) is 74.3 Å². The number of rotatable bonds is 6. The largest absolute Gasteiger partial charge is 0.430 e. The van der Waals surface area contributed by atoms with E-state index in [9.17, 15) is 39.9 Å². The number of nitrogens with one attached hydrogen (secondary N) is 1. The fourth-order valence-corrected chi connectivity index (χ4v) is 4.50. The molecule has 2 aromatic rings. The maximum absolute atomic E-state index is 13.1. The molecule has 2 N–H and O–H groups in total. The number of aromatic nitrogens is 2. The number of para-hydroxylation sites is 1. The maximum Gasteiger partial charge on any atom is 0.430 e. The fraction of sp³-hybridized carbons (Fsp3) is 0.474. The zero-order valence-corrected chi connectivity index (χ0v) is 18.5. The van der Waals surface area contributed by atoms with Gasteiger partial charge in [0, 0.05) is 37.6 Å². The zero-order chi connectivity index (χ0) is 25.4. The third-order valence-electron chi connectivity index (χ3n) is 5.30. The molecule has 188 valence electrons. The van der Waals surface area contributed by atoms with Gasteiger partial charge in [0.15, 0.2) is 0 Å². The van der Waals surface area contributed by atoms with Gasteiger partial charge in [-0.05, 0) is 12.1 Å². The quantitative estimate of drug-likeness (QED) is 0.571. The van der Waals surface area contributed by atoms with Gasteiger partial charge < -0.3 is 15.3 Å². The normalized spacial score (nSPS) is 18.1. The Hall–Kier alpha value is -2.65. The molecule has 8 nitrogen and oxygen atoms in total. The summed E-state index contributed by atoms with van der Waals surface area (Å²) in [6.07, 6.45) is -10.6. The fourth-order valence-electron chi connectivity index (χ4n) is 3.55. The van der Waals surface area contributed by atoms with E-state index in [0.717, 1.165) is 10.6 Å². The molecule has 1 fully saturated rings. The minimum Gasteiger partial charge on any atom is -0.369 e. The second-order valence-corrected chi connectivity index (χ2v) is 9.57. The molecule has 34 heavy (non-hydrogen) atoms. The highest BCUT2D eigenvalue weighted by molar-refractivity contribution is 7.92. The molecule has 0 saturated carbocycles. The van der Waals surface area contributed by atoms with E-state index < -0.39 is 39.6 Å². The van der Waals surface area contributed by atoms with E-state index in [4.69, 9.17) is 0 Å². The van der Waals surface area contributed by atoms with Crippen LogP contribution in [0.2, 0.25) is 0 Å². The smallest absolute Gasteiger partial charge is 0.369 e. The average Bonchev–Trinajstić information content (AvgIpc) is 2.75. The van der Waals surface area contributed by atoms with Gasteiger partial charge in [0.25, 0.3) is 5.60 Å². The molecule has 1 aromatic heterocycles. The first-order chi connectivity index (χ1) is 15.7. The molecule has 1 aromatic carbocycles. The van der Waals surface area contributed by atoms with E-state index in [0.29, 0.717) is 12.2 Å². The molecular formula is C19H21F6N5O3S. The zero-order valence-electron chi connectivity index (χ0n) is 17.7. The summed E-state index contributed by atoms with van der Waals surface area (Å²) in [5.74, 6) is -0.205. The Bertz CT molecular complexity index is 1070. The molecule has 0 amide bonds. The van der Waals surface area contributed by atoms with Crippen LogP contribution in [0.3, 0.4) is 0 Å². The Labute approximate surface area is 191 Å². The number of alkyl halides is 6. The molecule has 0 bridgehead atoms. The van der Waals surface area contributed by atoms with Crippen LogP contribution in [-0.2, 0) is 15.6 Å². The maximum atomic E-state index is 13.1. The Morgan fingerprint density at radius 2 is 1.65 bits per heavy atom. The molecular weight excluding hydrogens is 492 g/mol. The molecule has 1 aliphatic heterocycles. The third kappa shape index (κ3) is 5.05. The van der Waals surface area contributed by atoms with Crippen LogP contribution in [0, 0.1) is 0 Å². The lowest BCUT2D eigenvalue weighted by Crippen LogP contribution is -2.57. The molecule has 2 heterocycles. The van der Waals surface area contributed by atoms with Crippen LogP contribution in [0.4, 0.5) is 38.0 Å². The monoisotopic (exact) mass is 513 g/mol. The lowest BCUT2D eigenvalue weighted by Gasteiger charge is -2.39. The molecule has 15 heteroatoms. The van der Waals surface area contributed by atoms with Crippen LogP contribution in [0.1, 0.15) is 5.56 Å². The number of anilines is 2. The number of piperazine rings is 1. The lowest BCUT2D eigenvalue weighted by molar-refractivity contribution is -0.376. The van der Waals surface area contributed by atoms with Crippen molar-refractivity contribution >= 4 is 21.7 Å². The van der Waals surface area contributed by atoms with E-state index in [1.54, 1.807) is 30.3 Å². The summed E-state index contributed by atoms with van der Waals surface area (Å²) >= 11 is 0. The molecule has 0 unspecified atom stereocenters. The van der Waals surface area contributed by atoms with Crippen molar-refractivity contribution in [1.29, 1.82) is 0 Å². The number of sulfonamides is 1. The summed E-state index contributed by atoms with van der Waals surface area (Å²) in [5.41, 5.74) is -6.33. The summed E-state index contributed by atoms with van der Waals surface area (Å²) < 4.78 is 105. The molecule has 0 spiro atoms. The molecule has 0 radical (unpaired) electrons. The average molecular weight is 513 g/mol. The highest BCUT2D eigenvalue weighted by Crippen LogP contribution is 2.49. The minimum absolute atomic E-state index is 0.0873. The number of nitrogens with zero attached hydrogens (tertiary/aromatic N) is 4. The summed E-state index contributed by atoms with van der Waals surface area (Å²) in [4.78, 5) is 8.78. The van der Waals surface area contributed by atoms with Gasteiger partial charge in [-0.25, -0.2) is 18.4 Å². The van der Waals surface area contributed by atoms with Crippen LogP contribution >= 0.6 is 0 Å². The molecule has 1 saturated heterocycles. The number of halogens is 6. The molecule has 3 rings (SSSR count). The van der Waals surface area contributed by atoms with Crippen molar-refractivity contribution in [2.45, 2.75) is 24.0 Å². The van der Waals surface area contributed by atoms with E-state index in [1.165, 1.54) is 4.90 Å². The van der Waals surface area contributed by atoms with Crippen molar-refractivity contribution in [2.75, 3.05) is 41.6 Å². The molecule has 1 atom stereocenters. The van der Waals surface area contributed by atoms with E-state index in [2.05, 4.69) is 15.3 Å². The Balaban J connectivity index is 1.92. The van der Waals surface area contributed by atoms with E-state index in [-0.39, 0.29) is 38.0 Å². The summed E-state index contributed by atoms with van der Waals surface area (Å²) in [6, 6.07) is 7.57. The molecule has 0 aliphatic carbocycles. The highest BCUT2D eigenvalue weighted by atomic mass is 32.2. The van der Waals surface area contributed by atoms with E-state index in [1.807, 2.05) is 0 Å². The van der Waals surface area contributed by atoms with Crippen LogP contribution < -0.4 is 14.5 Å². The third-order valence-corrected chi connectivity index (χ3v) is 6.47. The minimum atomic E-state index is -6.06. The Morgan fingerprint density at radius 3 is 2.15 bits per heavy atom. The predicted octanol–water partition coefficient (Wildman–Crippen LogP) is 2.03. The second kappa shape index (κ2) is 9.19. The van der Waals surface area contributed by atoms with Crippen molar-refractivity contribution in [3.63, 3.8) is 0 Å². The van der Waals surface area contributed by atoms with Gasteiger partial charge in [-0.15, -0.1) is 0 Å². The van der Waals surface area contributed by atoms with Gasteiger partial charge >= 0.3 is 12.4 Å². The first kappa shape index (κ1) is 26.0. The predicted molar refractivity (Wildman–Crippen MR) is 111 cm³/mol. The van der Waals surface area contributed by atoms with Crippen LogP contribution in [0.15, 0.2) is 42.7 Å². The van der Waals surface area contributed by atoms with Gasteiger partial charge in [0.1, 0.15) is 0 Å². The summed E-state index contributed by atoms with van der Waals surface area (Å²) in [6.45, 7) is 0.759. The summed E-state index contributed by atoms with van der Waals surface area (Å²) in [5, 5.41) is 12.6. The SMILES string of the molecule is CS(=O)(=O)N(C[C@H]1CNCCN1c1ncc(C(O)(C(F)(F)F)C(F)(F)F)cn1)c1ccccc1. The van der Waals surface area contributed by atoms with Crippen LogP contribution in [0.25, 0.3) is 0 Å². The van der Waals surface area contributed by atoms with Crippen molar-refractivity contribution in [3.8, 4) is 0 Å². The standard InChI is InChI=1S/C19H21F6N5O3S/c1-34(32,33)30(14-5-3-2-4-6-14)12-15-11-26-7-8-29(15)16-27-9-13(10-28-16)17(31,18(20,21)22)19(23,24)25/h2-6,9-10,15,26,31H,7-8,11-12H2,1H3/t15-/m1/s1. The highest BCUT2D eigenvalue weighted by Gasteiger charge is 2.71. The van der Waals surface area contributed by atoms with Gasteiger partial charge in [-0.1, -0.05) is 18.2 Å². The van der Waals surface area contributed by atoms with Crippen molar-refractivity contribution < 1.29 is 39.9 Å². The van der Waals surface area contributed by atoms with E-state index >= 15 is 0 Å². The summed E-state index contributed by atoms with van der Waals surface area (Å²) in [7, 11) is -3.73. The van der Waals surface area contributed by atoms with Crippen LogP contribution in [0.5, 0.6) is 0 Å². The van der Waals surface area contributed by atoms with Crippen molar-refractivity contribution in [3.05, 3.63) is 48.3 Å². The van der Waals surface area contributed by atoms with Gasteiger partial charge in [-0.2, -0.15) is 26.3 Å². The second-order valence-electron chi connectivity index (χ2n) is 7.66. The van der Waals surface area contributed by atoms with Crippen molar-refractivity contribution in [2.24, 2.45) is 0 Å². The number of benzene rings is 1. The topological polar surface area (TPSA) is 98.7 Å². The number of hydrogen-bond donors (Lipinski definition) is 2. The Kier molecular flexibility index (Phi) is 7.01. The lowest BCUT2D eigenvalue weighted by atomic mass is 9.95. The first-order valence-electron chi connectivity index (χ1n) is 9.84. The Morgan fingerprint density at radius 1 is 1.09 bits per heavy atom. The van der Waals surface area contributed by atoms with Crippen molar-refractivity contribution in [1.82, 2.24) is 15.3 Å². The number of aliphatic hydroxyl groups is 1. The van der Waals surface area contributed by atoms with Gasteiger partial charge in [0.05, 0.1) is 24.5 Å². The van der Waals surface area contributed by atoms with Gasteiger partial charge in [-0.3, -0.25) is 4.31 Å². The molecule has 1 aliphatic rings. The van der Waals surface area contributed by atoms with Gasteiger partial charge in [0.2, 0.25) is 16.0 Å².